The number of nitrogens with zero attached hydrogens (tertiary/aromatic N) is 2. The molecule has 2 aromatic rings. The van der Waals surface area contributed by atoms with E-state index in [4.69, 9.17) is 11.6 Å². The Morgan fingerprint density at radius 1 is 1.19 bits per heavy atom. The molecule has 0 bridgehead atoms. The summed E-state index contributed by atoms with van der Waals surface area (Å²) >= 11 is 6.19. The maximum atomic E-state index is 13.9. The van der Waals surface area contributed by atoms with Gasteiger partial charge in [0.2, 0.25) is 5.95 Å². The Morgan fingerprint density at radius 2 is 1.86 bits per heavy atom. The Balaban J connectivity index is 2.53. The SMILES string of the molecule is CC(C)c1ccc(C(C)(C)c2cc(F)cnc2F)nc1Cl. The predicted molar refractivity (Wildman–Crippen MR) is 79.6 cm³/mol. The molecule has 0 N–H and O–H groups in total. The van der Waals surface area contributed by atoms with Gasteiger partial charge in [-0.3, -0.25) is 0 Å². The number of aromatic nitrogens is 2. The molecule has 0 amide bonds. The van der Waals surface area contributed by atoms with Gasteiger partial charge in [0, 0.05) is 11.0 Å². The van der Waals surface area contributed by atoms with E-state index in [1.807, 2.05) is 19.9 Å². The summed E-state index contributed by atoms with van der Waals surface area (Å²) in [6, 6.07) is 4.82. The van der Waals surface area contributed by atoms with E-state index >= 15 is 0 Å². The lowest BCUT2D eigenvalue weighted by molar-refractivity contribution is 0.496. The van der Waals surface area contributed by atoms with Gasteiger partial charge in [-0.1, -0.05) is 31.5 Å². The lowest BCUT2D eigenvalue weighted by atomic mass is 9.81. The highest BCUT2D eigenvalue weighted by Crippen LogP contribution is 2.34. The molecule has 2 heterocycles. The second-order valence-electron chi connectivity index (χ2n) is 5.85. The van der Waals surface area contributed by atoms with Gasteiger partial charge in [0.05, 0.1) is 11.9 Å². The minimum Gasteiger partial charge on any atom is -0.240 e. The predicted octanol–water partition coefficient (Wildman–Crippen LogP) is 4.86. The number of rotatable bonds is 3. The van der Waals surface area contributed by atoms with E-state index in [1.165, 1.54) is 0 Å². The Morgan fingerprint density at radius 3 is 2.43 bits per heavy atom. The quantitative estimate of drug-likeness (QED) is 0.757. The molecule has 0 aliphatic rings. The van der Waals surface area contributed by atoms with Crippen molar-refractivity contribution in [2.75, 3.05) is 0 Å². The van der Waals surface area contributed by atoms with Crippen molar-refractivity contribution in [1.82, 2.24) is 9.97 Å². The highest BCUT2D eigenvalue weighted by molar-refractivity contribution is 6.30. The Bertz CT molecular complexity index is 669. The fourth-order valence-electron chi connectivity index (χ4n) is 2.22. The molecule has 5 heteroatoms. The summed E-state index contributed by atoms with van der Waals surface area (Å²) in [5.41, 5.74) is 0.818. The molecule has 21 heavy (non-hydrogen) atoms. The highest BCUT2D eigenvalue weighted by atomic mass is 35.5. The van der Waals surface area contributed by atoms with E-state index in [1.54, 1.807) is 19.9 Å². The Hall–Kier alpha value is -1.55. The van der Waals surface area contributed by atoms with Crippen molar-refractivity contribution in [2.45, 2.75) is 39.0 Å². The third-order valence-corrected chi connectivity index (χ3v) is 3.92. The first-order chi connectivity index (χ1) is 9.73. The van der Waals surface area contributed by atoms with Crippen LogP contribution in [-0.4, -0.2) is 9.97 Å². The summed E-state index contributed by atoms with van der Waals surface area (Å²) in [5.74, 6) is -1.04. The van der Waals surface area contributed by atoms with Crippen LogP contribution in [0.25, 0.3) is 0 Å². The minimum atomic E-state index is -0.835. The van der Waals surface area contributed by atoms with Crippen LogP contribution in [0.15, 0.2) is 24.4 Å². The summed E-state index contributed by atoms with van der Waals surface area (Å²) in [6.45, 7) is 7.56. The molecule has 2 rings (SSSR count). The van der Waals surface area contributed by atoms with Gasteiger partial charge in [0.15, 0.2) is 0 Å². The molecule has 0 spiro atoms. The van der Waals surface area contributed by atoms with Crippen LogP contribution in [0.5, 0.6) is 0 Å². The molecule has 0 atom stereocenters. The topological polar surface area (TPSA) is 25.8 Å². The second-order valence-corrected chi connectivity index (χ2v) is 6.21. The van der Waals surface area contributed by atoms with Crippen LogP contribution in [0.4, 0.5) is 8.78 Å². The number of hydrogen-bond acceptors (Lipinski definition) is 2. The van der Waals surface area contributed by atoms with Crippen LogP contribution in [-0.2, 0) is 5.41 Å². The molecule has 0 saturated carbocycles. The first kappa shape index (κ1) is 15.8. The van der Waals surface area contributed by atoms with Crippen molar-refractivity contribution in [2.24, 2.45) is 0 Å². The van der Waals surface area contributed by atoms with Crippen LogP contribution in [0.3, 0.4) is 0 Å². The molecule has 0 unspecified atom stereocenters. The van der Waals surface area contributed by atoms with Gasteiger partial charge < -0.3 is 0 Å². The van der Waals surface area contributed by atoms with Gasteiger partial charge in [-0.2, -0.15) is 4.39 Å². The molecule has 112 valence electrons. The average molecular weight is 311 g/mol. The van der Waals surface area contributed by atoms with Crippen molar-refractivity contribution >= 4 is 11.6 Å². The molecule has 2 aromatic heterocycles. The zero-order valence-electron chi connectivity index (χ0n) is 12.4. The van der Waals surface area contributed by atoms with E-state index in [-0.39, 0.29) is 11.5 Å². The molecule has 0 radical (unpaired) electrons. The van der Waals surface area contributed by atoms with E-state index in [0.717, 1.165) is 17.8 Å². The average Bonchev–Trinajstić information content (AvgIpc) is 2.40. The van der Waals surface area contributed by atoms with E-state index in [2.05, 4.69) is 9.97 Å². The lowest BCUT2D eigenvalue weighted by Gasteiger charge is -2.25. The van der Waals surface area contributed by atoms with Crippen molar-refractivity contribution in [3.63, 3.8) is 0 Å². The van der Waals surface area contributed by atoms with Gasteiger partial charge in [-0.05, 0) is 37.5 Å². The first-order valence-electron chi connectivity index (χ1n) is 6.72. The maximum absolute atomic E-state index is 13.9. The van der Waals surface area contributed by atoms with Crippen LogP contribution in [0.2, 0.25) is 5.15 Å². The zero-order chi connectivity index (χ0) is 15.8. The highest BCUT2D eigenvalue weighted by Gasteiger charge is 2.30. The number of pyridine rings is 2. The summed E-state index contributed by atoms with van der Waals surface area (Å²) in [5, 5.41) is 0.389. The Labute approximate surface area is 128 Å². The summed E-state index contributed by atoms with van der Waals surface area (Å²) in [7, 11) is 0. The summed E-state index contributed by atoms with van der Waals surface area (Å²) < 4.78 is 27.3. The third-order valence-electron chi connectivity index (χ3n) is 3.62. The summed E-state index contributed by atoms with van der Waals surface area (Å²) in [4.78, 5) is 7.80. The standard InChI is InChI=1S/C16H17ClF2N2/c1-9(2)11-5-6-13(21-14(11)17)16(3,4)12-7-10(18)8-20-15(12)19/h5-9H,1-4H3. The smallest absolute Gasteiger partial charge is 0.217 e. The first-order valence-corrected chi connectivity index (χ1v) is 7.09. The third kappa shape index (κ3) is 3.05. The van der Waals surface area contributed by atoms with E-state index < -0.39 is 17.2 Å². The van der Waals surface area contributed by atoms with Gasteiger partial charge in [0.1, 0.15) is 11.0 Å². The minimum absolute atomic E-state index is 0.156. The molecule has 0 fully saturated rings. The Kier molecular flexibility index (Phi) is 4.28. The van der Waals surface area contributed by atoms with Crippen LogP contribution in [0, 0.1) is 11.8 Å². The van der Waals surface area contributed by atoms with E-state index in [9.17, 15) is 8.78 Å². The number of hydrogen-bond donors (Lipinski definition) is 0. The second kappa shape index (κ2) is 5.68. The van der Waals surface area contributed by atoms with Crippen molar-refractivity contribution in [1.29, 1.82) is 0 Å². The molecule has 0 aliphatic heterocycles. The monoisotopic (exact) mass is 310 g/mol. The largest absolute Gasteiger partial charge is 0.240 e. The fraction of sp³-hybridized carbons (Fsp3) is 0.375. The van der Waals surface area contributed by atoms with Gasteiger partial charge in [0.25, 0.3) is 0 Å². The van der Waals surface area contributed by atoms with Crippen molar-refractivity contribution in [3.05, 3.63) is 58.1 Å². The van der Waals surface area contributed by atoms with Crippen LogP contribution in [0.1, 0.15) is 50.4 Å². The van der Waals surface area contributed by atoms with Crippen LogP contribution >= 0.6 is 11.6 Å². The van der Waals surface area contributed by atoms with Gasteiger partial charge in [-0.25, -0.2) is 14.4 Å². The normalized spacial score (nSPS) is 12.0. The molecule has 2 nitrogen and oxygen atoms in total. The lowest BCUT2D eigenvalue weighted by Crippen LogP contribution is -2.23. The van der Waals surface area contributed by atoms with Gasteiger partial charge >= 0.3 is 0 Å². The van der Waals surface area contributed by atoms with Crippen LogP contribution < -0.4 is 0 Å². The molecule has 0 saturated heterocycles. The molecule has 0 aromatic carbocycles. The zero-order valence-corrected chi connectivity index (χ0v) is 13.2. The van der Waals surface area contributed by atoms with Gasteiger partial charge in [-0.15, -0.1) is 0 Å². The van der Waals surface area contributed by atoms with Crippen molar-refractivity contribution in [3.8, 4) is 0 Å². The number of halogens is 3. The maximum Gasteiger partial charge on any atom is 0.217 e. The fourth-order valence-corrected chi connectivity index (χ4v) is 2.59. The molecule has 0 aliphatic carbocycles. The molecular formula is C16H17ClF2N2. The summed E-state index contributed by atoms with van der Waals surface area (Å²) in [6.07, 6.45) is 0.858. The van der Waals surface area contributed by atoms with E-state index in [0.29, 0.717) is 10.8 Å². The molecular weight excluding hydrogens is 294 g/mol. The van der Waals surface area contributed by atoms with Crippen molar-refractivity contribution < 1.29 is 8.78 Å².